The van der Waals surface area contributed by atoms with Crippen LogP contribution in [-0.4, -0.2) is 12.0 Å². The van der Waals surface area contributed by atoms with Gasteiger partial charge in [-0.2, -0.15) is 5.26 Å². The van der Waals surface area contributed by atoms with E-state index in [-0.39, 0.29) is 0 Å². The average molecular weight is 241 g/mol. The molecular formula is C14H15N3O. The van der Waals surface area contributed by atoms with Crippen LogP contribution in [0.5, 0.6) is 0 Å². The molecule has 0 saturated carbocycles. The minimum Gasteiger partial charge on any atom is -0.469 e. The van der Waals surface area contributed by atoms with Crippen LogP contribution in [-0.2, 0) is 6.54 Å². The Morgan fingerprint density at radius 3 is 2.72 bits per heavy atom. The third kappa shape index (κ3) is 2.35. The highest BCUT2D eigenvalue weighted by molar-refractivity contribution is 5.54. The molecule has 92 valence electrons. The van der Waals surface area contributed by atoms with Crippen molar-refractivity contribution in [3.63, 3.8) is 0 Å². The molecule has 0 aromatic carbocycles. The molecule has 4 nitrogen and oxygen atoms in total. The Bertz CT molecular complexity index is 595. The predicted octanol–water partition coefficient (Wildman–Crippen LogP) is 2.80. The lowest BCUT2D eigenvalue weighted by atomic mass is 10.2. The number of nitriles is 1. The molecule has 2 rings (SSSR count). The Labute approximate surface area is 106 Å². The van der Waals surface area contributed by atoms with E-state index in [1.807, 2.05) is 37.9 Å². The fourth-order valence-electron chi connectivity index (χ4n) is 1.83. The molecule has 0 unspecified atom stereocenters. The highest BCUT2D eigenvalue weighted by Crippen LogP contribution is 2.20. The molecule has 0 N–H and O–H groups in total. The molecule has 0 saturated heterocycles. The van der Waals surface area contributed by atoms with Crippen LogP contribution in [0, 0.1) is 25.2 Å². The third-order valence-electron chi connectivity index (χ3n) is 2.87. The first kappa shape index (κ1) is 12.2. The number of aryl methyl sites for hydroxylation is 2. The molecular weight excluding hydrogens is 226 g/mol. The summed E-state index contributed by atoms with van der Waals surface area (Å²) in [6.07, 6.45) is 1.67. The van der Waals surface area contributed by atoms with E-state index in [4.69, 9.17) is 9.68 Å². The number of aromatic nitrogens is 1. The van der Waals surface area contributed by atoms with Crippen molar-refractivity contribution in [3.05, 3.63) is 47.0 Å². The first-order valence-electron chi connectivity index (χ1n) is 5.73. The van der Waals surface area contributed by atoms with Crippen LogP contribution in [0.4, 0.5) is 5.82 Å². The number of furan rings is 1. The smallest absolute Gasteiger partial charge is 0.146 e. The van der Waals surface area contributed by atoms with Crippen LogP contribution in [0.15, 0.2) is 28.9 Å². The zero-order valence-corrected chi connectivity index (χ0v) is 10.8. The van der Waals surface area contributed by atoms with Gasteiger partial charge in [0.2, 0.25) is 0 Å². The van der Waals surface area contributed by atoms with Gasteiger partial charge >= 0.3 is 0 Å². The summed E-state index contributed by atoms with van der Waals surface area (Å²) in [6.45, 7) is 4.52. The molecule has 2 aromatic rings. The molecule has 0 atom stereocenters. The van der Waals surface area contributed by atoms with Crippen molar-refractivity contribution in [2.45, 2.75) is 20.4 Å². The molecule has 0 aliphatic rings. The Balaban J connectivity index is 2.29. The van der Waals surface area contributed by atoms with Gasteiger partial charge in [0.25, 0.3) is 0 Å². The highest BCUT2D eigenvalue weighted by atomic mass is 16.3. The second-order valence-electron chi connectivity index (χ2n) is 4.29. The molecule has 0 amide bonds. The highest BCUT2D eigenvalue weighted by Gasteiger charge is 2.12. The summed E-state index contributed by atoms with van der Waals surface area (Å²) >= 11 is 0. The van der Waals surface area contributed by atoms with Gasteiger partial charge in [-0.1, -0.05) is 0 Å². The van der Waals surface area contributed by atoms with Crippen LogP contribution in [0.25, 0.3) is 0 Å². The number of hydrogen-bond donors (Lipinski definition) is 0. The second-order valence-corrected chi connectivity index (χ2v) is 4.29. The summed E-state index contributed by atoms with van der Waals surface area (Å²) in [5.74, 6) is 1.60. The standard InChI is InChI=1S/C14H15N3O/c1-10-4-5-12(8-15)14(16-10)17(3)9-13-6-7-18-11(13)2/h4-7H,9H2,1-3H3. The van der Waals surface area contributed by atoms with Crippen molar-refractivity contribution in [3.8, 4) is 6.07 Å². The SMILES string of the molecule is Cc1ccc(C#N)c(N(C)Cc2ccoc2C)n1. The van der Waals surface area contributed by atoms with E-state index in [1.54, 1.807) is 12.3 Å². The van der Waals surface area contributed by atoms with Gasteiger partial charge in [-0.25, -0.2) is 4.98 Å². The van der Waals surface area contributed by atoms with Crippen molar-refractivity contribution in [2.75, 3.05) is 11.9 Å². The Kier molecular flexibility index (Phi) is 3.33. The van der Waals surface area contributed by atoms with Gasteiger partial charge in [-0.3, -0.25) is 0 Å². The van der Waals surface area contributed by atoms with Gasteiger partial charge in [0.15, 0.2) is 0 Å². The monoisotopic (exact) mass is 241 g/mol. The molecule has 0 spiro atoms. The van der Waals surface area contributed by atoms with E-state index >= 15 is 0 Å². The average Bonchev–Trinajstić information content (AvgIpc) is 2.75. The van der Waals surface area contributed by atoms with Crippen LogP contribution in [0.1, 0.15) is 22.6 Å². The molecule has 0 aliphatic heterocycles. The summed E-state index contributed by atoms with van der Waals surface area (Å²) in [4.78, 5) is 6.39. The maximum absolute atomic E-state index is 9.10. The van der Waals surface area contributed by atoms with Crippen molar-refractivity contribution in [1.82, 2.24) is 4.98 Å². The Morgan fingerprint density at radius 2 is 2.11 bits per heavy atom. The lowest BCUT2D eigenvalue weighted by molar-refractivity contribution is 0.529. The van der Waals surface area contributed by atoms with Gasteiger partial charge in [0, 0.05) is 24.8 Å². The minimum absolute atomic E-state index is 0.587. The van der Waals surface area contributed by atoms with Gasteiger partial charge in [0.05, 0.1) is 11.8 Å². The summed E-state index contributed by atoms with van der Waals surface area (Å²) in [5, 5.41) is 9.10. The number of pyridine rings is 1. The molecule has 0 radical (unpaired) electrons. The van der Waals surface area contributed by atoms with E-state index in [0.29, 0.717) is 17.9 Å². The van der Waals surface area contributed by atoms with Gasteiger partial charge in [-0.05, 0) is 32.0 Å². The fourth-order valence-corrected chi connectivity index (χ4v) is 1.83. The van der Waals surface area contributed by atoms with Gasteiger partial charge < -0.3 is 9.32 Å². The Hall–Kier alpha value is -2.28. The third-order valence-corrected chi connectivity index (χ3v) is 2.87. The first-order valence-corrected chi connectivity index (χ1v) is 5.73. The molecule has 18 heavy (non-hydrogen) atoms. The fraction of sp³-hybridized carbons (Fsp3) is 0.286. The van der Waals surface area contributed by atoms with E-state index in [0.717, 1.165) is 17.0 Å². The quantitative estimate of drug-likeness (QED) is 0.829. The molecule has 2 heterocycles. The lowest BCUT2D eigenvalue weighted by Crippen LogP contribution is -2.19. The number of hydrogen-bond acceptors (Lipinski definition) is 4. The first-order chi connectivity index (χ1) is 8.61. The van der Waals surface area contributed by atoms with E-state index in [2.05, 4.69) is 11.1 Å². The zero-order chi connectivity index (χ0) is 13.1. The zero-order valence-electron chi connectivity index (χ0n) is 10.8. The normalized spacial score (nSPS) is 10.1. The van der Waals surface area contributed by atoms with E-state index in [9.17, 15) is 0 Å². The number of anilines is 1. The Morgan fingerprint density at radius 1 is 1.33 bits per heavy atom. The molecule has 0 bridgehead atoms. The topological polar surface area (TPSA) is 53.1 Å². The van der Waals surface area contributed by atoms with E-state index < -0.39 is 0 Å². The molecule has 4 heteroatoms. The van der Waals surface area contributed by atoms with Crippen LogP contribution in [0.2, 0.25) is 0 Å². The summed E-state index contributed by atoms with van der Waals surface area (Å²) in [6, 6.07) is 7.76. The van der Waals surface area contributed by atoms with Crippen molar-refractivity contribution in [1.29, 1.82) is 5.26 Å². The van der Waals surface area contributed by atoms with Crippen molar-refractivity contribution < 1.29 is 4.42 Å². The van der Waals surface area contributed by atoms with Crippen molar-refractivity contribution >= 4 is 5.82 Å². The lowest BCUT2D eigenvalue weighted by Gasteiger charge is -2.19. The van der Waals surface area contributed by atoms with Crippen LogP contribution in [0.3, 0.4) is 0 Å². The van der Waals surface area contributed by atoms with Crippen LogP contribution >= 0.6 is 0 Å². The number of rotatable bonds is 3. The summed E-state index contributed by atoms with van der Waals surface area (Å²) in [7, 11) is 1.93. The molecule has 0 fully saturated rings. The number of nitrogens with zero attached hydrogens (tertiary/aromatic N) is 3. The summed E-state index contributed by atoms with van der Waals surface area (Å²) in [5.41, 5.74) is 2.59. The largest absolute Gasteiger partial charge is 0.469 e. The predicted molar refractivity (Wildman–Crippen MR) is 69.2 cm³/mol. The second kappa shape index (κ2) is 4.92. The summed E-state index contributed by atoms with van der Waals surface area (Å²) < 4.78 is 5.27. The molecule has 0 aliphatic carbocycles. The molecule has 2 aromatic heterocycles. The van der Waals surface area contributed by atoms with Gasteiger partial charge in [-0.15, -0.1) is 0 Å². The van der Waals surface area contributed by atoms with Gasteiger partial charge in [0.1, 0.15) is 17.6 Å². The van der Waals surface area contributed by atoms with Crippen LogP contribution < -0.4 is 4.90 Å². The minimum atomic E-state index is 0.587. The maximum atomic E-state index is 9.10. The van der Waals surface area contributed by atoms with Crippen molar-refractivity contribution in [2.24, 2.45) is 0 Å². The van der Waals surface area contributed by atoms with E-state index in [1.165, 1.54) is 0 Å². The maximum Gasteiger partial charge on any atom is 0.146 e.